The van der Waals surface area contributed by atoms with Crippen molar-refractivity contribution in [1.29, 1.82) is 0 Å². The number of nitrogens with one attached hydrogen (secondary N) is 1. The van der Waals surface area contributed by atoms with Gasteiger partial charge in [0.15, 0.2) is 0 Å². The van der Waals surface area contributed by atoms with Crippen molar-refractivity contribution in [3.8, 4) is 0 Å². The van der Waals surface area contributed by atoms with Crippen molar-refractivity contribution in [3.63, 3.8) is 0 Å². The van der Waals surface area contributed by atoms with Gasteiger partial charge in [0.2, 0.25) is 0 Å². The summed E-state index contributed by atoms with van der Waals surface area (Å²) in [7, 11) is 0. The van der Waals surface area contributed by atoms with Crippen LogP contribution in [-0.4, -0.2) is 18.8 Å². The van der Waals surface area contributed by atoms with E-state index in [1.54, 1.807) is 0 Å². The second-order valence-corrected chi connectivity index (χ2v) is 4.93. The largest absolute Gasteiger partial charge is 0.378 e. The first-order valence-electron chi connectivity index (χ1n) is 6.94. The highest BCUT2D eigenvalue weighted by atomic mass is 16.5. The Morgan fingerprint density at radius 1 is 1.31 bits per heavy atom. The van der Waals surface area contributed by atoms with Gasteiger partial charge in [0.1, 0.15) is 0 Å². The average Bonchev–Trinajstić information content (AvgIpc) is 2.35. The number of rotatable bonds is 8. The minimum absolute atomic E-state index is 0.483. The third-order valence-electron chi connectivity index (χ3n) is 3.50. The summed E-state index contributed by atoms with van der Waals surface area (Å²) in [5.41, 5.74) is 2.94. The number of hydrazine groups is 1. The predicted octanol–water partition coefficient (Wildman–Crippen LogP) is 2.75. The van der Waals surface area contributed by atoms with Crippen LogP contribution in [0.3, 0.4) is 0 Å². The molecule has 2 unspecified atom stereocenters. The molecule has 1 heterocycles. The van der Waals surface area contributed by atoms with Gasteiger partial charge in [0, 0.05) is 12.6 Å². The fourth-order valence-corrected chi connectivity index (χ4v) is 2.37. The second-order valence-electron chi connectivity index (χ2n) is 4.93. The van der Waals surface area contributed by atoms with Gasteiger partial charge in [0.05, 0.1) is 6.10 Å². The Hall–Kier alpha value is -0.120. The number of hydrogen-bond donors (Lipinski definition) is 2. The molecule has 1 rings (SSSR count). The van der Waals surface area contributed by atoms with Crippen molar-refractivity contribution >= 4 is 0 Å². The summed E-state index contributed by atoms with van der Waals surface area (Å²) >= 11 is 0. The summed E-state index contributed by atoms with van der Waals surface area (Å²) in [6.45, 7) is 3.20. The van der Waals surface area contributed by atoms with Crippen LogP contribution >= 0.6 is 0 Å². The second kappa shape index (κ2) is 8.97. The van der Waals surface area contributed by atoms with Crippen LogP contribution in [0.1, 0.15) is 64.7 Å². The molecule has 2 atom stereocenters. The SMILES string of the molecule is CCCCCC(CCC1CCCCO1)NN. The van der Waals surface area contributed by atoms with Crippen LogP contribution in [-0.2, 0) is 4.74 Å². The van der Waals surface area contributed by atoms with Crippen molar-refractivity contribution in [3.05, 3.63) is 0 Å². The molecule has 0 aromatic rings. The van der Waals surface area contributed by atoms with Gasteiger partial charge in [-0.05, 0) is 38.5 Å². The van der Waals surface area contributed by atoms with Crippen LogP contribution in [0.25, 0.3) is 0 Å². The lowest BCUT2D eigenvalue weighted by Crippen LogP contribution is -2.36. The Labute approximate surface area is 100 Å². The highest BCUT2D eigenvalue weighted by Gasteiger charge is 2.15. The fourth-order valence-electron chi connectivity index (χ4n) is 2.37. The Kier molecular flexibility index (Phi) is 7.81. The molecule has 1 aliphatic heterocycles. The van der Waals surface area contributed by atoms with Gasteiger partial charge in [-0.1, -0.05) is 26.2 Å². The van der Waals surface area contributed by atoms with Crippen LogP contribution in [0, 0.1) is 0 Å². The van der Waals surface area contributed by atoms with Crippen LogP contribution < -0.4 is 11.3 Å². The Balaban J connectivity index is 2.07. The highest BCUT2D eigenvalue weighted by Crippen LogP contribution is 2.19. The van der Waals surface area contributed by atoms with E-state index in [1.807, 2.05) is 0 Å². The molecular formula is C13H28N2O. The Morgan fingerprint density at radius 3 is 2.81 bits per heavy atom. The number of hydrogen-bond acceptors (Lipinski definition) is 3. The first-order chi connectivity index (χ1) is 7.86. The molecule has 3 heteroatoms. The van der Waals surface area contributed by atoms with E-state index in [9.17, 15) is 0 Å². The first kappa shape index (κ1) is 13.9. The molecule has 16 heavy (non-hydrogen) atoms. The average molecular weight is 228 g/mol. The summed E-state index contributed by atoms with van der Waals surface area (Å²) in [5.74, 6) is 5.58. The van der Waals surface area contributed by atoms with E-state index in [0.29, 0.717) is 12.1 Å². The van der Waals surface area contributed by atoms with E-state index in [4.69, 9.17) is 10.6 Å². The standard InChI is InChI=1S/C13H28N2O/c1-2-3-4-7-12(15-14)9-10-13-8-5-6-11-16-13/h12-13,15H,2-11,14H2,1H3. The molecule has 96 valence electrons. The monoisotopic (exact) mass is 228 g/mol. The Bertz CT molecular complexity index is 158. The molecule has 0 bridgehead atoms. The molecule has 0 aromatic carbocycles. The normalized spacial score (nSPS) is 23.2. The molecule has 0 saturated carbocycles. The van der Waals surface area contributed by atoms with Crippen LogP contribution in [0.5, 0.6) is 0 Å². The Morgan fingerprint density at radius 2 is 2.19 bits per heavy atom. The summed E-state index contributed by atoms with van der Waals surface area (Å²) in [6, 6.07) is 0.483. The molecule has 1 aliphatic rings. The van der Waals surface area contributed by atoms with Crippen LogP contribution in [0.15, 0.2) is 0 Å². The van der Waals surface area contributed by atoms with Crippen molar-refractivity contribution in [1.82, 2.24) is 5.43 Å². The van der Waals surface area contributed by atoms with E-state index < -0.39 is 0 Å². The first-order valence-corrected chi connectivity index (χ1v) is 6.94. The molecule has 1 saturated heterocycles. The molecule has 0 amide bonds. The number of ether oxygens (including phenoxy) is 1. The van der Waals surface area contributed by atoms with Crippen molar-refractivity contribution in [2.75, 3.05) is 6.61 Å². The van der Waals surface area contributed by atoms with Gasteiger partial charge >= 0.3 is 0 Å². The maximum Gasteiger partial charge on any atom is 0.0575 e. The van der Waals surface area contributed by atoms with E-state index in [-0.39, 0.29) is 0 Å². The zero-order valence-corrected chi connectivity index (χ0v) is 10.7. The molecule has 0 radical (unpaired) electrons. The lowest BCUT2D eigenvalue weighted by atomic mass is 9.99. The van der Waals surface area contributed by atoms with E-state index >= 15 is 0 Å². The zero-order chi connectivity index (χ0) is 11.6. The molecular weight excluding hydrogens is 200 g/mol. The topological polar surface area (TPSA) is 47.3 Å². The third kappa shape index (κ3) is 5.83. The zero-order valence-electron chi connectivity index (χ0n) is 10.7. The summed E-state index contributed by atoms with van der Waals surface area (Å²) < 4.78 is 5.73. The van der Waals surface area contributed by atoms with Gasteiger partial charge in [-0.25, -0.2) is 0 Å². The minimum Gasteiger partial charge on any atom is -0.378 e. The lowest BCUT2D eigenvalue weighted by molar-refractivity contribution is 0.00841. The van der Waals surface area contributed by atoms with E-state index in [0.717, 1.165) is 13.0 Å². The third-order valence-corrected chi connectivity index (χ3v) is 3.50. The van der Waals surface area contributed by atoms with Gasteiger partial charge in [-0.15, -0.1) is 0 Å². The van der Waals surface area contributed by atoms with Crippen molar-refractivity contribution in [2.24, 2.45) is 5.84 Å². The fraction of sp³-hybridized carbons (Fsp3) is 1.00. The maximum atomic E-state index is 5.73. The van der Waals surface area contributed by atoms with Gasteiger partial charge in [-0.3, -0.25) is 11.3 Å². The maximum absolute atomic E-state index is 5.73. The minimum atomic E-state index is 0.483. The number of unbranched alkanes of at least 4 members (excludes halogenated alkanes) is 2. The summed E-state index contributed by atoms with van der Waals surface area (Å²) in [6.07, 6.45) is 11.7. The van der Waals surface area contributed by atoms with E-state index in [2.05, 4.69) is 12.3 Å². The highest BCUT2D eigenvalue weighted by molar-refractivity contribution is 4.70. The van der Waals surface area contributed by atoms with Gasteiger partial charge < -0.3 is 4.74 Å². The van der Waals surface area contributed by atoms with Crippen LogP contribution in [0.4, 0.5) is 0 Å². The molecule has 0 spiro atoms. The van der Waals surface area contributed by atoms with Crippen molar-refractivity contribution in [2.45, 2.75) is 76.9 Å². The smallest absolute Gasteiger partial charge is 0.0575 e. The summed E-state index contributed by atoms with van der Waals surface area (Å²) in [4.78, 5) is 0. The molecule has 3 nitrogen and oxygen atoms in total. The van der Waals surface area contributed by atoms with Crippen molar-refractivity contribution < 1.29 is 4.74 Å². The van der Waals surface area contributed by atoms with Crippen LogP contribution in [0.2, 0.25) is 0 Å². The molecule has 3 N–H and O–H groups in total. The van der Waals surface area contributed by atoms with Gasteiger partial charge in [-0.2, -0.15) is 0 Å². The predicted molar refractivity (Wildman–Crippen MR) is 68.1 cm³/mol. The molecule has 0 aliphatic carbocycles. The number of nitrogens with two attached hydrogens (primary N) is 1. The summed E-state index contributed by atoms with van der Waals surface area (Å²) in [5, 5.41) is 0. The molecule has 1 fully saturated rings. The quantitative estimate of drug-likeness (QED) is 0.381. The van der Waals surface area contributed by atoms with E-state index in [1.165, 1.54) is 51.4 Å². The lowest BCUT2D eigenvalue weighted by Gasteiger charge is -2.24. The molecule has 0 aromatic heterocycles. The van der Waals surface area contributed by atoms with Gasteiger partial charge in [0.25, 0.3) is 0 Å².